The Morgan fingerprint density at radius 1 is 1.32 bits per heavy atom. The van der Waals surface area contributed by atoms with E-state index >= 15 is 0 Å². The molecule has 1 heterocycles. The lowest BCUT2D eigenvalue weighted by Gasteiger charge is -2.11. The zero-order valence-electron chi connectivity index (χ0n) is 11.9. The molecule has 2 nitrogen and oxygen atoms in total. The fourth-order valence-electron chi connectivity index (χ4n) is 2.27. The van der Waals surface area contributed by atoms with E-state index in [2.05, 4.69) is 37.8 Å². The molecule has 2 rings (SSSR count). The van der Waals surface area contributed by atoms with Crippen molar-refractivity contribution >= 4 is 6.08 Å². The Morgan fingerprint density at radius 2 is 2.05 bits per heavy atom. The topological polar surface area (TPSA) is 21.8 Å². The first-order valence-electron chi connectivity index (χ1n) is 7.27. The molecule has 0 N–H and O–H groups in total. The van der Waals surface area contributed by atoms with Gasteiger partial charge in [0.25, 0.3) is 0 Å². The second-order valence-electron chi connectivity index (χ2n) is 5.20. The summed E-state index contributed by atoms with van der Waals surface area (Å²) < 4.78 is 11.2. The molecule has 1 aliphatic heterocycles. The van der Waals surface area contributed by atoms with Crippen molar-refractivity contribution in [2.24, 2.45) is 0 Å². The normalized spacial score (nSPS) is 21.3. The molecule has 1 atom stereocenters. The van der Waals surface area contributed by atoms with E-state index in [4.69, 9.17) is 9.47 Å². The summed E-state index contributed by atoms with van der Waals surface area (Å²) in [5.41, 5.74) is 2.57. The maximum absolute atomic E-state index is 5.82. The van der Waals surface area contributed by atoms with Gasteiger partial charge in [0.15, 0.2) is 5.79 Å². The maximum Gasteiger partial charge on any atom is 0.192 e. The summed E-state index contributed by atoms with van der Waals surface area (Å²) in [6, 6.07) is 8.60. The number of rotatable bonds is 9. The average molecular weight is 260 g/mol. The van der Waals surface area contributed by atoms with Crippen molar-refractivity contribution in [3.63, 3.8) is 0 Å². The first kappa shape index (κ1) is 14.3. The van der Waals surface area contributed by atoms with Gasteiger partial charge in [0.1, 0.15) is 6.61 Å². The van der Waals surface area contributed by atoms with E-state index < -0.39 is 0 Å². The SMILES string of the molecule is C=Cc1ccc(CCCCOC2(CCC)CO2)cc1. The van der Waals surface area contributed by atoms with E-state index in [0.717, 1.165) is 45.3 Å². The molecule has 0 aliphatic carbocycles. The van der Waals surface area contributed by atoms with Crippen LogP contribution in [0.5, 0.6) is 0 Å². The van der Waals surface area contributed by atoms with E-state index in [0.29, 0.717) is 0 Å². The van der Waals surface area contributed by atoms with Crippen LogP contribution in [0.1, 0.15) is 43.7 Å². The number of ether oxygens (including phenoxy) is 2. The van der Waals surface area contributed by atoms with Gasteiger partial charge in [-0.1, -0.05) is 50.3 Å². The third-order valence-electron chi connectivity index (χ3n) is 3.54. The number of benzene rings is 1. The number of epoxide rings is 1. The molecule has 0 bridgehead atoms. The molecule has 1 aromatic rings. The second-order valence-corrected chi connectivity index (χ2v) is 5.20. The third-order valence-corrected chi connectivity index (χ3v) is 3.54. The predicted molar refractivity (Wildman–Crippen MR) is 79.0 cm³/mol. The van der Waals surface area contributed by atoms with E-state index in [9.17, 15) is 0 Å². The van der Waals surface area contributed by atoms with Gasteiger partial charge >= 0.3 is 0 Å². The maximum atomic E-state index is 5.82. The minimum Gasteiger partial charge on any atom is -0.348 e. The molecule has 0 radical (unpaired) electrons. The quantitative estimate of drug-likeness (QED) is 0.490. The van der Waals surface area contributed by atoms with Crippen LogP contribution in [0, 0.1) is 0 Å². The highest BCUT2D eigenvalue weighted by Crippen LogP contribution is 2.33. The summed E-state index contributed by atoms with van der Waals surface area (Å²) in [4.78, 5) is 0. The van der Waals surface area contributed by atoms with Gasteiger partial charge in [-0.05, 0) is 30.4 Å². The van der Waals surface area contributed by atoms with Crippen molar-refractivity contribution in [1.29, 1.82) is 0 Å². The summed E-state index contributed by atoms with van der Waals surface area (Å²) in [7, 11) is 0. The van der Waals surface area contributed by atoms with Gasteiger partial charge in [-0.3, -0.25) is 0 Å². The number of aryl methyl sites for hydroxylation is 1. The van der Waals surface area contributed by atoms with Crippen molar-refractivity contribution in [2.75, 3.05) is 13.2 Å². The molecular weight excluding hydrogens is 236 g/mol. The highest BCUT2D eigenvalue weighted by atomic mass is 16.8. The van der Waals surface area contributed by atoms with E-state index in [1.54, 1.807) is 0 Å². The Kier molecular flexibility index (Phi) is 5.17. The molecule has 0 amide bonds. The Balaban J connectivity index is 1.60. The molecule has 1 saturated heterocycles. The standard InChI is InChI=1S/C17H24O2/c1-3-12-17(14-19-17)18-13-6-5-7-16-10-8-15(4-2)9-11-16/h4,8-11H,2-3,5-7,12-14H2,1H3. The van der Waals surface area contributed by atoms with Crippen LogP contribution in [0.25, 0.3) is 6.08 Å². The fraction of sp³-hybridized carbons (Fsp3) is 0.529. The minimum absolute atomic E-state index is 0.208. The van der Waals surface area contributed by atoms with Crippen molar-refractivity contribution in [2.45, 2.75) is 44.8 Å². The smallest absolute Gasteiger partial charge is 0.192 e. The Labute approximate surface area is 116 Å². The number of unbranched alkanes of at least 4 members (excludes halogenated alkanes) is 1. The molecule has 1 unspecified atom stereocenters. The van der Waals surface area contributed by atoms with Crippen LogP contribution in [0.4, 0.5) is 0 Å². The van der Waals surface area contributed by atoms with Crippen molar-refractivity contribution < 1.29 is 9.47 Å². The average Bonchev–Trinajstić information content (AvgIpc) is 3.19. The minimum atomic E-state index is -0.208. The Morgan fingerprint density at radius 3 is 2.63 bits per heavy atom. The third kappa shape index (κ3) is 4.48. The lowest BCUT2D eigenvalue weighted by molar-refractivity contribution is -0.0502. The van der Waals surface area contributed by atoms with Crippen molar-refractivity contribution in [1.82, 2.24) is 0 Å². The molecule has 19 heavy (non-hydrogen) atoms. The van der Waals surface area contributed by atoms with Crippen molar-refractivity contribution in [3.05, 3.63) is 42.0 Å². The van der Waals surface area contributed by atoms with Crippen LogP contribution in [0.3, 0.4) is 0 Å². The molecule has 104 valence electrons. The molecule has 0 spiro atoms. The number of hydrogen-bond acceptors (Lipinski definition) is 2. The zero-order valence-corrected chi connectivity index (χ0v) is 11.9. The Hall–Kier alpha value is -1.12. The largest absolute Gasteiger partial charge is 0.348 e. The molecule has 1 aromatic carbocycles. The molecule has 1 aliphatic rings. The first-order chi connectivity index (χ1) is 9.28. The van der Waals surface area contributed by atoms with Crippen LogP contribution in [0.15, 0.2) is 30.8 Å². The second kappa shape index (κ2) is 6.88. The van der Waals surface area contributed by atoms with Gasteiger partial charge in [0, 0.05) is 6.42 Å². The van der Waals surface area contributed by atoms with Gasteiger partial charge in [0.2, 0.25) is 0 Å². The van der Waals surface area contributed by atoms with Crippen LogP contribution >= 0.6 is 0 Å². The van der Waals surface area contributed by atoms with Gasteiger partial charge in [-0.2, -0.15) is 0 Å². The monoisotopic (exact) mass is 260 g/mol. The summed E-state index contributed by atoms with van der Waals surface area (Å²) in [6.07, 6.45) is 7.39. The summed E-state index contributed by atoms with van der Waals surface area (Å²) >= 11 is 0. The van der Waals surface area contributed by atoms with Crippen molar-refractivity contribution in [3.8, 4) is 0 Å². The molecule has 0 aromatic heterocycles. The van der Waals surface area contributed by atoms with Gasteiger partial charge < -0.3 is 9.47 Å². The molecule has 2 heteroatoms. The van der Waals surface area contributed by atoms with E-state index in [-0.39, 0.29) is 5.79 Å². The first-order valence-corrected chi connectivity index (χ1v) is 7.27. The molecule has 0 saturated carbocycles. The highest BCUT2D eigenvalue weighted by molar-refractivity contribution is 5.47. The van der Waals surface area contributed by atoms with Gasteiger partial charge in [-0.25, -0.2) is 0 Å². The van der Waals surface area contributed by atoms with Crippen LogP contribution in [-0.2, 0) is 15.9 Å². The van der Waals surface area contributed by atoms with Crippen LogP contribution < -0.4 is 0 Å². The van der Waals surface area contributed by atoms with Crippen LogP contribution in [0.2, 0.25) is 0 Å². The molecule has 1 fully saturated rings. The van der Waals surface area contributed by atoms with E-state index in [1.807, 2.05) is 6.08 Å². The summed E-state index contributed by atoms with van der Waals surface area (Å²) in [5, 5.41) is 0. The Bertz CT molecular complexity index is 390. The predicted octanol–water partition coefficient (Wildman–Crippen LogP) is 4.20. The summed E-state index contributed by atoms with van der Waals surface area (Å²) in [5.74, 6) is -0.208. The highest BCUT2D eigenvalue weighted by Gasteiger charge is 2.44. The van der Waals surface area contributed by atoms with E-state index in [1.165, 1.54) is 11.1 Å². The lowest BCUT2D eigenvalue weighted by atomic mass is 10.1. The molecular formula is C17H24O2. The van der Waals surface area contributed by atoms with Gasteiger partial charge in [0.05, 0.1) is 6.61 Å². The number of hydrogen-bond donors (Lipinski definition) is 0. The summed E-state index contributed by atoms with van der Waals surface area (Å²) in [6.45, 7) is 7.52. The zero-order chi connectivity index (χ0) is 13.6. The van der Waals surface area contributed by atoms with Gasteiger partial charge in [-0.15, -0.1) is 0 Å². The van der Waals surface area contributed by atoms with Crippen LogP contribution in [-0.4, -0.2) is 19.0 Å². The lowest BCUT2D eigenvalue weighted by Crippen LogP contribution is -2.16. The fourth-order valence-corrected chi connectivity index (χ4v) is 2.27.